The first-order valence-electron chi connectivity index (χ1n) is 13.3. The van der Waals surface area contributed by atoms with Gasteiger partial charge in [-0.15, -0.1) is 0 Å². The molecule has 0 amide bonds. The van der Waals surface area contributed by atoms with Gasteiger partial charge >= 0.3 is 0 Å². The summed E-state index contributed by atoms with van der Waals surface area (Å²) in [6.45, 7) is 6.54. The number of likely N-dealkylation sites (N-methyl/N-ethyl adjacent to an activating group) is 1. The minimum absolute atomic E-state index is 0.0546. The van der Waals surface area contributed by atoms with Crippen LogP contribution < -0.4 is 0 Å². The lowest BCUT2D eigenvalue weighted by Crippen LogP contribution is -2.62. The molecule has 7 rings (SSSR count). The summed E-state index contributed by atoms with van der Waals surface area (Å²) in [6.07, 6.45) is 7.42. The summed E-state index contributed by atoms with van der Waals surface area (Å²) in [5.74, 6) is 1.02. The highest BCUT2D eigenvalue weighted by atomic mass is 16.5. The van der Waals surface area contributed by atoms with Crippen LogP contribution in [0.1, 0.15) is 57.4 Å². The van der Waals surface area contributed by atoms with Gasteiger partial charge in [-0.25, -0.2) is 4.98 Å². The van der Waals surface area contributed by atoms with Gasteiger partial charge in [0, 0.05) is 24.3 Å². The molecule has 1 unspecified atom stereocenters. The Labute approximate surface area is 212 Å². The van der Waals surface area contributed by atoms with E-state index >= 15 is 0 Å². The molecule has 1 saturated carbocycles. The van der Waals surface area contributed by atoms with Crippen molar-refractivity contribution in [2.75, 3.05) is 14.1 Å². The van der Waals surface area contributed by atoms with Crippen molar-refractivity contribution in [3.8, 4) is 0 Å². The van der Waals surface area contributed by atoms with Gasteiger partial charge in [-0.3, -0.25) is 0 Å². The maximum Gasteiger partial charge on any atom is 0.192 e. The Kier molecular flexibility index (Phi) is 4.58. The van der Waals surface area contributed by atoms with Crippen LogP contribution in [-0.2, 0) is 4.74 Å². The summed E-state index contributed by atoms with van der Waals surface area (Å²) < 4.78 is 13.2. The lowest BCUT2D eigenvalue weighted by molar-refractivity contribution is -0.162. The van der Waals surface area contributed by atoms with E-state index in [1.807, 2.05) is 25.9 Å². The van der Waals surface area contributed by atoms with Gasteiger partial charge in [-0.2, -0.15) is 0 Å². The minimum atomic E-state index is -0.898. The first-order valence-corrected chi connectivity index (χ1v) is 13.3. The second-order valence-electron chi connectivity index (χ2n) is 12.4. The normalized spacial score (nSPS) is 41.3. The monoisotopic (exact) mass is 488 g/mol. The molecule has 6 nitrogen and oxygen atoms in total. The Bertz CT molecular complexity index is 1380. The molecule has 36 heavy (non-hydrogen) atoms. The van der Waals surface area contributed by atoms with Crippen molar-refractivity contribution in [3.05, 3.63) is 58.5 Å². The molecular formula is C30H36N2O4. The van der Waals surface area contributed by atoms with Gasteiger partial charge in [0.2, 0.25) is 0 Å². The van der Waals surface area contributed by atoms with Crippen LogP contribution in [0.2, 0.25) is 0 Å². The number of nitrogens with zero attached hydrogens (tertiary/aromatic N) is 2. The summed E-state index contributed by atoms with van der Waals surface area (Å²) in [5, 5.41) is 22.2. The van der Waals surface area contributed by atoms with Gasteiger partial charge < -0.3 is 24.3 Å². The number of aromatic nitrogens is 1. The van der Waals surface area contributed by atoms with Gasteiger partial charge in [-0.1, -0.05) is 30.7 Å². The number of aliphatic hydroxyl groups excluding tert-OH is 2. The molecule has 1 aromatic carbocycles. The third-order valence-corrected chi connectivity index (χ3v) is 10.2. The maximum absolute atomic E-state index is 11.2. The largest absolute Gasteiger partial charge is 0.441 e. The van der Waals surface area contributed by atoms with Crippen molar-refractivity contribution < 1.29 is 19.4 Å². The van der Waals surface area contributed by atoms with Crippen LogP contribution >= 0.6 is 0 Å². The van der Waals surface area contributed by atoms with Crippen molar-refractivity contribution in [2.45, 2.75) is 82.3 Å². The number of fused-ring (bicyclic) bond motifs is 2. The summed E-state index contributed by atoms with van der Waals surface area (Å²) in [7, 11) is 3.96. The fourth-order valence-electron chi connectivity index (χ4n) is 8.66. The fraction of sp³-hybridized carbons (Fsp3) is 0.567. The SMILES string of the molecule is CC1=C2C=C3[C@@H](O)[C@H](O)[C@@H](N(C)C)C[C@]34CC[C@]2(O4)C2CC=C(c3ccc4nc(C)oc4c3)[C@@]2(C)C1. The van der Waals surface area contributed by atoms with Crippen LogP contribution in [-0.4, -0.2) is 63.6 Å². The van der Waals surface area contributed by atoms with Crippen LogP contribution in [0.5, 0.6) is 0 Å². The van der Waals surface area contributed by atoms with Crippen molar-refractivity contribution in [1.29, 1.82) is 0 Å². The topological polar surface area (TPSA) is 79.0 Å². The number of allylic oxidation sites excluding steroid dienone is 3. The second-order valence-corrected chi connectivity index (χ2v) is 12.4. The predicted octanol–water partition coefficient (Wildman–Crippen LogP) is 4.55. The number of aryl methyl sites for hydroxylation is 1. The Morgan fingerprint density at radius 2 is 1.94 bits per heavy atom. The predicted molar refractivity (Wildman–Crippen MR) is 138 cm³/mol. The van der Waals surface area contributed by atoms with E-state index in [0.717, 1.165) is 42.4 Å². The molecule has 1 aromatic heterocycles. The van der Waals surface area contributed by atoms with Crippen molar-refractivity contribution in [2.24, 2.45) is 11.3 Å². The van der Waals surface area contributed by atoms with E-state index in [0.29, 0.717) is 18.2 Å². The molecule has 5 aliphatic rings. The first kappa shape index (κ1) is 22.9. The molecule has 3 heterocycles. The molecular weight excluding hydrogens is 452 g/mol. The standard InChI is InChI=1S/C30H36N2O4/c1-16-14-28(3)19(18-6-8-22-24(12-18)35-17(2)31-22)7-9-25(28)30-11-10-29(36-30)15-23(32(4)5)27(34)26(33)21(29)13-20(16)30/h6-8,12-13,23,25-27,33-34H,9-11,14-15H2,1-5H3/t23-,25?,26+,27+,28+,29+,30+/m0/s1. The van der Waals surface area contributed by atoms with Crippen molar-refractivity contribution >= 4 is 16.7 Å². The summed E-state index contributed by atoms with van der Waals surface area (Å²) >= 11 is 0. The molecule has 0 radical (unpaired) electrons. The Balaban J connectivity index is 1.33. The van der Waals surface area contributed by atoms with Crippen molar-refractivity contribution in [1.82, 2.24) is 9.88 Å². The summed E-state index contributed by atoms with van der Waals surface area (Å²) in [4.78, 5) is 6.51. The number of benzene rings is 1. The van der Waals surface area contributed by atoms with Gasteiger partial charge in [0.1, 0.15) is 11.6 Å². The first-order chi connectivity index (χ1) is 17.1. The van der Waals surface area contributed by atoms with E-state index in [1.165, 1.54) is 22.3 Å². The molecule has 190 valence electrons. The summed E-state index contributed by atoms with van der Waals surface area (Å²) in [5.41, 5.74) is 6.87. The maximum atomic E-state index is 11.2. The average Bonchev–Trinajstić information content (AvgIpc) is 3.46. The van der Waals surface area contributed by atoms with Crippen LogP contribution in [0, 0.1) is 18.3 Å². The zero-order valence-electron chi connectivity index (χ0n) is 21.8. The molecule has 2 N–H and O–H groups in total. The molecule has 2 spiro atoms. The lowest BCUT2D eigenvalue weighted by atomic mass is 9.56. The molecule has 2 aromatic rings. The van der Waals surface area contributed by atoms with Crippen LogP contribution in [0.3, 0.4) is 0 Å². The third-order valence-electron chi connectivity index (χ3n) is 10.2. The number of aliphatic hydroxyl groups is 2. The number of hydrogen-bond acceptors (Lipinski definition) is 6. The molecule has 7 atom stereocenters. The van der Waals surface area contributed by atoms with Crippen molar-refractivity contribution in [3.63, 3.8) is 0 Å². The van der Waals surface area contributed by atoms with Crippen LogP contribution in [0.15, 0.2) is 51.5 Å². The molecule has 2 aliphatic heterocycles. The van der Waals surface area contributed by atoms with Gasteiger partial charge in [0.15, 0.2) is 11.5 Å². The van der Waals surface area contributed by atoms with Gasteiger partial charge in [-0.05, 0) is 87.5 Å². The molecule has 2 bridgehead atoms. The highest BCUT2D eigenvalue weighted by Crippen LogP contribution is 2.69. The highest BCUT2D eigenvalue weighted by molar-refractivity contribution is 5.82. The number of hydrogen-bond donors (Lipinski definition) is 2. The van der Waals surface area contributed by atoms with E-state index in [1.54, 1.807) is 0 Å². The molecule has 3 aliphatic carbocycles. The Morgan fingerprint density at radius 1 is 1.14 bits per heavy atom. The Hall–Kier alpha value is -2.25. The molecule has 6 heteroatoms. The molecule has 2 fully saturated rings. The third kappa shape index (κ3) is 2.74. The zero-order valence-corrected chi connectivity index (χ0v) is 21.8. The number of rotatable bonds is 2. The Morgan fingerprint density at radius 3 is 2.72 bits per heavy atom. The second kappa shape index (κ2) is 7.19. The number of oxazole rings is 1. The van der Waals surface area contributed by atoms with E-state index in [2.05, 4.69) is 49.2 Å². The molecule has 1 saturated heterocycles. The van der Waals surface area contributed by atoms with E-state index < -0.39 is 17.8 Å². The van der Waals surface area contributed by atoms with Crippen LogP contribution in [0.25, 0.3) is 16.7 Å². The van der Waals surface area contributed by atoms with E-state index in [4.69, 9.17) is 9.15 Å². The smallest absolute Gasteiger partial charge is 0.192 e. The van der Waals surface area contributed by atoms with Gasteiger partial charge in [0.05, 0.1) is 17.3 Å². The minimum Gasteiger partial charge on any atom is -0.441 e. The number of ether oxygens (including phenoxy) is 1. The fourth-order valence-corrected chi connectivity index (χ4v) is 8.66. The quantitative estimate of drug-likeness (QED) is 0.646. The average molecular weight is 489 g/mol. The van der Waals surface area contributed by atoms with Gasteiger partial charge in [0.25, 0.3) is 0 Å². The highest BCUT2D eigenvalue weighted by Gasteiger charge is 2.68. The van der Waals surface area contributed by atoms with E-state index in [9.17, 15) is 10.2 Å². The zero-order chi connectivity index (χ0) is 25.2. The summed E-state index contributed by atoms with van der Waals surface area (Å²) in [6, 6.07) is 6.27. The van der Waals surface area contributed by atoms with Crippen LogP contribution in [0.4, 0.5) is 0 Å². The van der Waals surface area contributed by atoms with E-state index in [-0.39, 0.29) is 17.1 Å². The lowest BCUT2D eigenvalue weighted by Gasteiger charge is -2.56.